The standard InChI is InChI=1S/C22H21N3O2S/c1-25-19-10-6-5-9-16(19)11-12-18(21(25)27)20(26)24-22-23-14-17(28-22)13-15-7-3-2-4-8-15/h2-10,14,18H,11-13H2,1H3,(H,23,24,26). The molecular weight excluding hydrogens is 370 g/mol. The number of rotatable bonds is 4. The molecule has 0 aliphatic carbocycles. The number of fused-ring (bicyclic) bond motifs is 1. The topological polar surface area (TPSA) is 62.3 Å². The molecule has 1 aliphatic rings. The first-order chi connectivity index (χ1) is 13.6. The molecule has 28 heavy (non-hydrogen) atoms. The van der Waals surface area contributed by atoms with Crippen LogP contribution < -0.4 is 10.2 Å². The molecule has 0 spiro atoms. The third kappa shape index (κ3) is 3.82. The Kier molecular flexibility index (Phi) is 5.21. The van der Waals surface area contributed by atoms with E-state index in [2.05, 4.69) is 22.4 Å². The summed E-state index contributed by atoms with van der Waals surface area (Å²) in [5, 5.41) is 3.38. The van der Waals surface area contributed by atoms with E-state index >= 15 is 0 Å². The van der Waals surface area contributed by atoms with Gasteiger partial charge in [0.2, 0.25) is 11.8 Å². The van der Waals surface area contributed by atoms with Crippen LogP contribution in [-0.2, 0) is 22.4 Å². The molecule has 142 valence electrons. The highest BCUT2D eigenvalue weighted by atomic mass is 32.1. The number of hydrogen-bond donors (Lipinski definition) is 1. The van der Waals surface area contributed by atoms with E-state index in [4.69, 9.17) is 0 Å². The predicted molar refractivity (Wildman–Crippen MR) is 112 cm³/mol. The lowest BCUT2D eigenvalue weighted by atomic mass is 10.00. The number of para-hydroxylation sites is 1. The maximum Gasteiger partial charge on any atom is 0.239 e. The SMILES string of the molecule is CN1C(=O)C(C(=O)Nc2ncc(Cc3ccccc3)s2)CCc2ccccc21. The van der Waals surface area contributed by atoms with Crippen molar-refractivity contribution >= 4 is 34.0 Å². The number of hydrogen-bond acceptors (Lipinski definition) is 4. The Bertz CT molecular complexity index is 1000. The fraction of sp³-hybridized carbons (Fsp3) is 0.227. The second kappa shape index (κ2) is 7.94. The fourth-order valence-electron chi connectivity index (χ4n) is 3.51. The van der Waals surface area contributed by atoms with Crippen molar-refractivity contribution in [2.75, 3.05) is 17.3 Å². The van der Waals surface area contributed by atoms with E-state index < -0.39 is 5.92 Å². The van der Waals surface area contributed by atoms with Gasteiger partial charge in [0.15, 0.2) is 5.13 Å². The van der Waals surface area contributed by atoms with Crippen LogP contribution in [0.3, 0.4) is 0 Å². The number of anilines is 2. The summed E-state index contributed by atoms with van der Waals surface area (Å²) in [5.41, 5.74) is 3.16. The van der Waals surface area contributed by atoms with Crippen molar-refractivity contribution in [3.63, 3.8) is 0 Å². The molecule has 0 radical (unpaired) electrons. The van der Waals surface area contributed by atoms with Gasteiger partial charge in [-0.2, -0.15) is 0 Å². The van der Waals surface area contributed by atoms with E-state index in [-0.39, 0.29) is 11.8 Å². The molecule has 0 fully saturated rings. The number of aryl methyl sites for hydroxylation is 1. The van der Waals surface area contributed by atoms with Crippen molar-refractivity contribution in [3.05, 3.63) is 76.8 Å². The summed E-state index contributed by atoms with van der Waals surface area (Å²) >= 11 is 1.45. The Balaban J connectivity index is 1.45. The largest absolute Gasteiger partial charge is 0.315 e. The average molecular weight is 391 g/mol. The van der Waals surface area contributed by atoms with Gasteiger partial charge < -0.3 is 10.2 Å². The summed E-state index contributed by atoms with van der Waals surface area (Å²) in [6.07, 6.45) is 3.74. The summed E-state index contributed by atoms with van der Waals surface area (Å²) in [7, 11) is 1.73. The summed E-state index contributed by atoms with van der Waals surface area (Å²) in [6, 6.07) is 17.9. The second-order valence-electron chi connectivity index (χ2n) is 6.90. The number of aromatic nitrogens is 1. The molecule has 0 bridgehead atoms. The quantitative estimate of drug-likeness (QED) is 0.686. The molecule has 2 amide bonds. The Morgan fingerprint density at radius 3 is 2.75 bits per heavy atom. The van der Waals surface area contributed by atoms with Crippen LogP contribution in [-0.4, -0.2) is 23.8 Å². The van der Waals surface area contributed by atoms with Crippen LogP contribution in [0.1, 0.15) is 22.4 Å². The van der Waals surface area contributed by atoms with Gasteiger partial charge in [-0.25, -0.2) is 4.98 Å². The van der Waals surface area contributed by atoms with E-state index in [1.54, 1.807) is 18.1 Å². The van der Waals surface area contributed by atoms with Crippen molar-refractivity contribution < 1.29 is 9.59 Å². The third-order valence-corrected chi connectivity index (χ3v) is 5.92. The number of benzene rings is 2. The van der Waals surface area contributed by atoms with E-state index in [1.165, 1.54) is 16.9 Å². The normalized spacial score (nSPS) is 16.4. The van der Waals surface area contributed by atoms with Crippen LogP contribution in [0.2, 0.25) is 0 Å². The molecule has 2 heterocycles. The van der Waals surface area contributed by atoms with E-state index in [1.807, 2.05) is 42.5 Å². The number of thiazole rings is 1. The number of nitrogens with zero attached hydrogens (tertiary/aromatic N) is 2. The summed E-state index contributed by atoms with van der Waals surface area (Å²) in [6.45, 7) is 0. The lowest BCUT2D eigenvalue weighted by Crippen LogP contribution is -2.38. The summed E-state index contributed by atoms with van der Waals surface area (Å²) < 4.78 is 0. The van der Waals surface area contributed by atoms with Gasteiger partial charge in [-0.15, -0.1) is 11.3 Å². The lowest BCUT2D eigenvalue weighted by Gasteiger charge is -2.20. The van der Waals surface area contributed by atoms with Crippen molar-refractivity contribution in [1.29, 1.82) is 0 Å². The zero-order valence-corrected chi connectivity index (χ0v) is 16.4. The number of carbonyl (C=O) groups excluding carboxylic acids is 2. The molecule has 3 aromatic rings. The highest BCUT2D eigenvalue weighted by molar-refractivity contribution is 7.15. The maximum atomic E-state index is 12.8. The minimum atomic E-state index is -0.709. The van der Waals surface area contributed by atoms with Crippen LogP contribution in [0.4, 0.5) is 10.8 Å². The zero-order chi connectivity index (χ0) is 19.5. The van der Waals surface area contributed by atoms with Gasteiger partial charge in [0, 0.05) is 30.2 Å². The monoisotopic (exact) mass is 391 g/mol. The molecule has 2 aromatic carbocycles. The first kappa shape index (κ1) is 18.4. The van der Waals surface area contributed by atoms with Gasteiger partial charge >= 0.3 is 0 Å². The van der Waals surface area contributed by atoms with Gasteiger partial charge in [-0.3, -0.25) is 9.59 Å². The first-order valence-electron chi connectivity index (χ1n) is 9.27. The minimum absolute atomic E-state index is 0.177. The van der Waals surface area contributed by atoms with Crippen molar-refractivity contribution in [2.24, 2.45) is 5.92 Å². The van der Waals surface area contributed by atoms with Crippen molar-refractivity contribution in [1.82, 2.24) is 4.98 Å². The lowest BCUT2D eigenvalue weighted by molar-refractivity contribution is -0.130. The highest BCUT2D eigenvalue weighted by Crippen LogP contribution is 2.29. The molecule has 1 aromatic heterocycles. The fourth-order valence-corrected chi connectivity index (χ4v) is 4.35. The summed E-state index contributed by atoms with van der Waals surface area (Å²) in [4.78, 5) is 32.6. The first-order valence-corrected chi connectivity index (χ1v) is 10.1. The van der Waals surface area contributed by atoms with Crippen LogP contribution in [0.5, 0.6) is 0 Å². The van der Waals surface area contributed by atoms with Gasteiger partial charge in [0.25, 0.3) is 0 Å². The molecule has 1 N–H and O–H groups in total. The molecule has 4 rings (SSSR count). The molecular formula is C22H21N3O2S. The van der Waals surface area contributed by atoms with Gasteiger partial charge in [-0.05, 0) is 30.0 Å². The van der Waals surface area contributed by atoms with E-state index in [9.17, 15) is 9.59 Å². The van der Waals surface area contributed by atoms with Crippen LogP contribution in [0.25, 0.3) is 0 Å². The highest BCUT2D eigenvalue weighted by Gasteiger charge is 2.33. The van der Waals surface area contributed by atoms with Gasteiger partial charge in [0.05, 0.1) is 0 Å². The molecule has 1 atom stereocenters. The van der Waals surface area contributed by atoms with E-state index in [0.717, 1.165) is 22.5 Å². The molecule has 1 aliphatic heterocycles. The molecule has 0 saturated carbocycles. The zero-order valence-electron chi connectivity index (χ0n) is 15.6. The second-order valence-corrected chi connectivity index (χ2v) is 8.02. The maximum absolute atomic E-state index is 12.8. The minimum Gasteiger partial charge on any atom is -0.315 e. The Hall–Kier alpha value is -2.99. The molecule has 6 heteroatoms. The third-order valence-electron chi connectivity index (χ3n) is 5.01. The molecule has 0 saturated heterocycles. The molecule has 5 nitrogen and oxygen atoms in total. The van der Waals surface area contributed by atoms with Gasteiger partial charge in [-0.1, -0.05) is 48.5 Å². The Morgan fingerprint density at radius 1 is 1.18 bits per heavy atom. The van der Waals surface area contributed by atoms with Crippen LogP contribution >= 0.6 is 11.3 Å². The average Bonchev–Trinajstić information content (AvgIpc) is 3.10. The smallest absolute Gasteiger partial charge is 0.239 e. The number of nitrogens with one attached hydrogen (secondary N) is 1. The van der Waals surface area contributed by atoms with Crippen LogP contribution in [0.15, 0.2) is 60.8 Å². The van der Waals surface area contributed by atoms with Gasteiger partial charge in [0.1, 0.15) is 5.92 Å². The van der Waals surface area contributed by atoms with Crippen LogP contribution in [0, 0.1) is 5.92 Å². The Labute approximate surface area is 168 Å². The predicted octanol–water partition coefficient (Wildman–Crippen LogP) is 3.90. The number of amides is 2. The van der Waals surface area contributed by atoms with Crippen molar-refractivity contribution in [3.8, 4) is 0 Å². The molecule has 1 unspecified atom stereocenters. The Morgan fingerprint density at radius 2 is 1.93 bits per heavy atom. The van der Waals surface area contributed by atoms with Crippen molar-refractivity contribution in [2.45, 2.75) is 19.3 Å². The number of carbonyl (C=O) groups is 2. The summed E-state index contributed by atoms with van der Waals surface area (Å²) in [5.74, 6) is -1.17. The van der Waals surface area contributed by atoms with E-state index in [0.29, 0.717) is 18.0 Å².